The molecule has 28 heavy (non-hydrogen) atoms. The van der Waals surface area contributed by atoms with Gasteiger partial charge in [-0.1, -0.05) is 50.6 Å². The minimum Gasteiger partial charge on any atom is -0.384 e. The van der Waals surface area contributed by atoms with Crippen molar-refractivity contribution in [3.63, 3.8) is 0 Å². The van der Waals surface area contributed by atoms with Gasteiger partial charge in [0, 0.05) is 22.4 Å². The molecule has 2 aromatic rings. The lowest BCUT2D eigenvalue weighted by atomic mass is 9.73. The fourth-order valence-electron chi connectivity index (χ4n) is 3.43. The molecule has 0 aromatic heterocycles. The van der Waals surface area contributed by atoms with E-state index < -0.39 is 5.67 Å². The predicted octanol–water partition coefficient (Wildman–Crippen LogP) is 6.55. The number of halogens is 1. The number of allylic oxidation sites excluding steroid dienone is 1. The van der Waals surface area contributed by atoms with Crippen molar-refractivity contribution in [2.24, 2.45) is 5.73 Å². The number of amidine groups is 1. The summed E-state index contributed by atoms with van der Waals surface area (Å²) in [5.41, 5.74) is 9.38. The molecule has 0 spiro atoms. The van der Waals surface area contributed by atoms with Crippen LogP contribution in [0.1, 0.15) is 64.2 Å². The lowest BCUT2D eigenvalue weighted by Gasteiger charge is -2.31. The Bertz CT molecular complexity index is 862. The monoisotopic (exact) mass is 381 g/mol. The van der Waals surface area contributed by atoms with Crippen LogP contribution in [0, 0.1) is 5.41 Å². The van der Waals surface area contributed by atoms with Gasteiger partial charge < -0.3 is 11.1 Å². The summed E-state index contributed by atoms with van der Waals surface area (Å²) < 4.78 is 14.1. The first-order chi connectivity index (χ1) is 13.0. The largest absolute Gasteiger partial charge is 0.384 e. The zero-order valence-corrected chi connectivity index (χ0v) is 17.6. The Labute approximate surface area is 168 Å². The van der Waals surface area contributed by atoms with Crippen LogP contribution in [0.15, 0.2) is 54.6 Å². The molecule has 4 heteroatoms. The fraction of sp³-hybridized carbons (Fsp3) is 0.375. The van der Waals surface area contributed by atoms with Crippen molar-refractivity contribution < 1.29 is 4.39 Å². The number of nitrogens with one attached hydrogen (secondary N) is 2. The van der Waals surface area contributed by atoms with E-state index in [-0.39, 0.29) is 11.3 Å². The molecule has 0 saturated heterocycles. The lowest BCUT2D eigenvalue weighted by molar-refractivity contribution is 0.221. The van der Waals surface area contributed by atoms with Crippen LogP contribution in [0.2, 0.25) is 0 Å². The summed E-state index contributed by atoms with van der Waals surface area (Å²) in [5.74, 6) is 0.00595. The SMILES string of the molecule is C=C(C)C(C)(CCC)c1ccc(Nc2ccc(C(C)(C)F)cc2)c(C(=N)N)c1. The highest BCUT2D eigenvalue weighted by Gasteiger charge is 2.27. The Kier molecular flexibility index (Phi) is 6.33. The summed E-state index contributed by atoms with van der Waals surface area (Å²) in [5, 5.41) is 11.3. The van der Waals surface area contributed by atoms with Crippen LogP contribution in [0.25, 0.3) is 0 Å². The third kappa shape index (κ3) is 4.61. The normalized spacial score (nSPS) is 13.6. The van der Waals surface area contributed by atoms with Crippen LogP contribution in [0.3, 0.4) is 0 Å². The molecule has 0 radical (unpaired) electrons. The van der Waals surface area contributed by atoms with Gasteiger partial charge in [0.25, 0.3) is 0 Å². The number of anilines is 2. The number of benzene rings is 2. The van der Waals surface area contributed by atoms with E-state index in [1.165, 1.54) is 13.8 Å². The van der Waals surface area contributed by atoms with Gasteiger partial charge >= 0.3 is 0 Å². The van der Waals surface area contributed by atoms with E-state index in [0.717, 1.165) is 35.4 Å². The summed E-state index contributed by atoms with van der Waals surface area (Å²) in [6, 6.07) is 13.2. The van der Waals surface area contributed by atoms with Crippen molar-refractivity contribution in [3.8, 4) is 0 Å². The minimum atomic E-state index is -1.38. The van der Waals surface area contributed by atoms with Crippen LogP contribution >= 0.6 is 0 Å². The average Bonchev–Trinajstić information content (AvgIpc) is 2.61. The predicted molar refractivity (Wildman–Crippen MR) is 118 cm³/mol. The molecule has 4 N–H and O–H groups in total. The van der Waals surface area contributed by atoms with E-state index >= 15 is 0 Å². The molecule has 150 valence electrons. The third-order valence-corrected chi connectivity index (χ3v) is 5.49. The molecule has 2 aromatic carbocycles. The van der Waals surface area contributed by atoms with Crippen molar-refractivity contribution in [3.05, 3.63) is 71.3 Å². The molecular formula is C24H32FN3. The Balaban J connectivity index is 2.41. The highest BCUT2D eigenvalue weighted by Crippen LogP contribution is 2.37. The second-order valence-electron chi connectivity index (χ2n) is 8.21. The molecule has 0 bridgehead atoms. The van der Waals surface area contributed by atoms with Gasteiger partial charge in [0.2, 0.25) is 0 Å². The average molecular weight is 382 g/mol. The Morgan fingerprint density at radius 1 is 1.11 bits per heavy atom. The maximum absolute atomic E-state index is 14.1. The van der Waals surface area contributed by atoms with E-state index in [4.69, 9.17) is 11.1 Å². The molecule has 0 aliphatic rings. The molecular weight excluding hydrogens is 349 g/mol. The number of rotatable bonds is 8. The second kappa shape index (κ2) is 8.17. The maximum Gasteiger partial charge on any atom is 0.130 e. The molecule has 0 saturated carbocycles. The molecule has 1 unspecified atom stereocenters. The number of hydrogen-bond acceptors (Lipinski definition) is 2. The summed E-state index contributed by atoms with van der Waals surface area (Å²) in [6.07, 6.45) is 2.02. The van der Waals surface area contributed by atoms with E-state index in [9.17, 15) is 4.39 Å². The molecule has 0 aliphatic carbocycles. The van der Waals surface area contributed by atoms with Crippen molar-refractivity contribution in [1.82, 2.24) is 0 Å². The number of nitrogens with two attached hydrogens (primary N) is 1. The molecule has 3 nitrogen and oxygen atoms in total. The van der Waals surface area contributed by atoms with Gasteiger partial charge in [-0.15, -0.1) is 0 Å². The van der Waals surface area contributed by atoms with E-state index in [2.05, 4.69) is 31.8 Å². The van der Waals surface area contributed by atoms with Gasteiger partial charge in [-0.3, -0.25) is 5.41 Å². The van der Waals surface area contributed by atoms with Crippen molar-refractivity contribution in [2.75, 3.05) is 5.32 Å². The van der Waals surface area contributed by atoms with Crippen LogP contribution < -0.4 is 11.1 Å². The van der Waals surface area contributed by atoms with Crippen molar-refractivity contribution >= 4 is 17.2 Å². The van der Waals surface area contributed by atoms with Crippen molar-refractivity contribution in [2.45, 2.75) is 58.5 Å². The van der Waals surface area contributed by atoms with E-state index in [1.807, 2.05) is 31.2 Å². The zero-order valence-electron chi connectivity index (χ0n) is 17.6. The fourth-order valence-corrected chi connectivity index (χ4v) is 3.43. The Hall–Kier alpha value is -2.62. The number of alkyl halides is 1. The summed E-state index contributed by atoms with van der Waals surface area (Å²) >= 11 is 0. The molecule has 0 aliphatic heterocycles. The summed E-state index contributed by atoms with van der Waals surface area (Å²) in [7, 11) is 0. The number of hydrogen-bond donors (Lipinski definition) is 3. The van der Waals surface area contributed by atoms with Crippen molar-refractivity contribution in [1.29, 1.82) is 5.41 Å². The standard InChI is InChI=1S/C24H32FN3/c1-7-14-24(6,16(2)3)18-10-13-21(20(15-18)22(26)27)28-19-11-8-17(9-12-19)23(4,5)25/h8-13,15,28H,2,7,14H2,1,3-6H3,(H3,26,27). The highest BCUT2D eigenvalue weighted by molar-refractivity contribution is 6.01. The summed E-state index contributed by atoms with van der Waals surface area (Å²) in [4.78, 5) is 0. The molecule has 0 heterocycles. The smallest absolute Gasteiger partial charge is 0.130 e. The number of nitrogen functional groups attached to an aromatic ring is 1. The van der Waals surface area contributed by atoms with Gasteiger partial charge in [0.1, 0.15) is 11.5 Å². The van der Waals surface area contributed by atoms with Crippen LogP contribution in [-0.2, 0) is 11.1 Å². The van der Waals surface area contributed by atoms with Gasteiger partial charge in [-0.2, -0.15) is 0 Å². The molecule has 0 fully saturated rings. The van der Waals surface area contributed by atoms with E-state index in [0.29, 0.717) is 11.1 Å². The highest BCUT2D eigenvalue weighted by atomic mass is 19.1. The third-order valence-electron chi connectivity index (χ3n) is 5.49. The second-order valence-corrected chi connectivity index (χ2v) is 8.21. The Morgan fingerprint density at radius 2 is 1.68 bits per heavy atom. The first kappa shape index (κ1) is 21.7. The van der Waals surface area contributed by atoms with Crippen LogP contribution in [-0.4, -0.2) is 5.84 Å². The topological polar surface area (TPSA) is 61.9 Å². The summed E-state index contributed by atoms with van der Waals surface area (Å²) in [6.45, 7) is 13.6. The quantitative estimate of drug-likeness (QED) is 0.276. The first-order valence-electron chi connectivity index (χ1n) is 9.70. The van der Waals surface area contributed by atoms with Crippen LogP contribution in [0.4, 0.5) is 15.8 Å². The molecule has 1 atom stereocenters. The molecule has 2 rings (SSSR count). The lowest BCUT2D eigenvalue weighted by Crippen LogP contribution is -2.24. The van der Waals surface area contributed by atoms with Gasteiger partial charge in [0.05, 0.1) is 0 Å². The van der Waals surface area contributed by atoms with Crippen LogP contribution in [0.5, 0.6) is 0 Å². The Morgan fingerprint density at radius 3 is 2.14 bits per heavy atom. The zero-order chi connectivity index (χ0) is 21.1. The van der Waals surface area contributed by atoms with E-state index in [1.54, 1.807) is 12.1 Å². The first-order valence-corrected chi connectivity index (χ1v) is 9.70. The van der Waals surface area contributed by atoms with Gasteiger partial charge in [-0.05, 0) is 62.6 Å². The minimum absolute atomic E-state index is 0.00595. The van der Waals surface area contributed by atoms with Gasteiger partial charge in [0.15, 0.2) is 0 Å². The van der Waals surface area contributed by atoms with Gasteiger partial charge in [-0.25, -0.2) is 4.39 Å². The maximum atomic E-state index is 14.1. The molecule has 0 amide bonds.